The minimum atomic E-state index is -3.62. The van der Waals surface area contributed by atoms with Gasteiger partial charge in [0.1, 0.15) is 6.04 Å². The average molecular weight is 475 g/mol. The number of nitrogens with zero attached hydrogens (tertiary/aromatic N) is 1. The van der Waals surface area contributed by atoms with E-state index in [1.807, 2.05) is 0 Å². The van der Waals surface area contributed by atoms with Gasteiger partial charge < -0.3 is 5.32 Å². The van der Waals surface area contributed by atoms with Crippen LogP contribution in [0.1, 0.15) is 18.9 Å². The Hall–Kier alpha value is -1.41. The molecule has 0 saturated heterocycles. The third-order valence-corrected chi connectivity index (χ3v) is 7.07. The fraction of sp³-hybridized carbons (Fsp3) is 0.350. The number of nitrogens with one attached hydrogen (secondary N) is 1. The van der Waals surface area contributed by atoms with E-state index in [0.29, 0.717) is 40.2 Å². The summed E-state index contributed by atoms with van der Waals surface area (Å²) in [7, 11) is -3.62. The molecule has 0 aliphatic carbocycles. The lowest BCUT2D eigenvalue weighted by atomic mass is 10.2. The molecule has 0 saturated carbocycles. The molecule has 0 unspecified atom stereocenters. The molecule has 1 atom stereocenters. The number of amides is 1. The van der Waals surface area contributed by atoms with Crippen molar-refractivity contribution in [2.45, 2.75) is 25.1 Å². The van der Waals surface area contributed by atoms with Gasteiger partial charge in [0.05, 0.1) is 11.9 Å². The molecule has 0 aromatic heterocycles. The first kappa shape index (κ1) is 23.9. The second-order valence-corrected chi connectivity index (χ2v) is 10.1. The maximum atomic E-state index is 12.7. The highest BCUT2D eigenvalue weighted by Crippen LogP contribution is 2.28. The topological polar surface area (TPSA) is 66.5 Å². The van der Waals surface area contributed by atoms with E-state index < -0.39 is 16.1 Å². The molecule has 0 aliphatic rings. The molecule has 2 aromatic rings. The summed E-state index contributed by atoms with van der Waals surface area (Å²) < 4.78 is 25.9. The van der Waals surface area contributed by atoms with Crippen molar-refractivity contribution in [2.24, 2.45) is 0 Å². The van der Waals surface area contributed by atoms with Gasteiger partial charge in [-0.05, 0) is 36.2 Å². The van der Waals surface area contributed by atoms with Gasteiger partial charge in [0.25, 0.3) is 0 Å². The zero-order valence-corrected chi connectivity index (χ0v) is 19.4. The predicted molar refractivity (Wildman–Crippen MR) is 123 cm³/mol. The SMILES string of the molecule is CC[C@H](C(=O)NCCSCc1c(Cl)cccc1Cl)N(c1ccccc1)S(C)(=O)=O. The molecule has 2 rings (SSSR count). The van der Waals surface area contributed by atoms with Gasteiger partial charge in [-0.2, -0.15) is 11.8 Å². The average Bonchev–Trinajstić information content (AvgIpc) is 2.67. The molecule has 0 spiro atoms. The summed E-state index contributed by atoms with van der Waals surface area (Å²) in [5.74, 6) is 0.956. The minimum Gasteiger partial charge on any atom is -0.353 e. The number of benzene rings is 2. The van der Waals surface area contributed by atoms with Crippen LogP contribution in [0.2, 0.25) is 10.0 Å². The fourth-order valence-corrected chi connectivity index (χ4v) is 5.65. The van der Waals surface area contributed by atoms with E-state index in [4.69, 9.17) is 23.2 Å². The Balaban J connectivity index is 1.95. The van der Waals surface area contributed by atoms with Gasteiger partial charge in [-0.3, -0.25) is 9.10 Å². The van der Waals surface area contributed by atoms with Gasteiger partial charge in [-0.15, -0.1) is 0 Å². The zero-order chi connectivity index (χ0) is 21.4. The van der Waals surface area contributed by atoms with Gasteiger partial charge in [-0.25, -0.2) is 8.42 Å². The van der Waals surface area contributed by atoms with E-state index in [1.165, 1.54) is 4.31 Å². The van der Waals surface area contributed by atoms with Gasteiger partial charge in [0.15, 0.2) is 0 Å². The number of carbonyl (C=O) groups excluding carboxylic acids is 1. The van der Waals surface area contributed by atoms with Crippen molar-refractivity contribution in [1.82, 2.24) is 5.32 Å². The summed E-state index contributed by atoms with van der Waals surface area (Å²) in [4.78, 5) is 12.7. The summed E-state index contributed by atoms with van der Waals surface area (Å²) in [5.41, 5.74) is 1.34. The number of thioether (sulfide) groups is 1. The van der Waals surface area contributed by atoms with E-state index >= 15 is 0 Å². The fourth-order valence-electron chi connectivity index (χ4n) is 2.84. The molecule has 1 amide bonds. The van der Waals surface area contributed by atoms with Crippen LogP contribution < -0.4 is 9.62 Å². The maximum absolute atomic E-state index is 12.7. The van der Waals surface area contributed by atoms with Crippen molar-refractivity contribution < 1.29 is 13.2 Å². The van der Waals surface area contributed by atoms with Gasteiger partial charge in [-0.1, -0.05) is 54.4 Å². The monoisotopic (exact) mass is 474 g/mol. The Morgan fingerprint density at radius 2 is 1.72 bits per heavy atom. The number of halogens is 2. The lowest BCUT2D eigenvalue weighted by Gasteiger charge is -2.30. The lowest BCUT2D eigenvalue weighted by molar-refractivity contribution is -0.122. The van der Waals surface area contributed by atoms with Crippen molar-refractivity contribution in [2.75, 3.05) is 22.9 Å². The molecule has 5 nitrogen and oxygen atoms in total. The smallest absolute Gasteiger partial charge is 0.243 e. The number of sulfonamides is 1. The number of para-hydroxylation sites is 1. The first-order valence-corrected chi connectivity index (χ1v) is 12.8. The van der Waals surface area contributed by atoms with Crippen molar-refractivity contribution in [3.05, 3.63) is 64.1 Å². The van der Waals surface area contributed by atoms with Gasteiger partial charge in [0.2, 0.25) is 15.9 Å². The van der Waals surface area contributed by atoms with Crippen LogP contribution in [0.3, 0.4) is 0 Å². The van der Waals surface area contributed by atoms with Crippen molar-refractivity contribution in [3.8, 4) is 0 Å². The molecule has 0 bridgehead atoms. The number of hydrogen-bond donors (Lipinski definition) is 1. The molecule has 158 valence electrons. The number of carbonyl (C=O) groups is 1. The van der Waals surface area contributed by atoms with Gasteiger partial charge >= 0.3 is 0 Å². The van der Waals surface area contributed by atoms with E-state index in [0.717, 1.165) is 11.8 Å². The number of rotatable bonds is 10. The third kappa shape index (κ3) is 6.81. The van der Waals surface area contributed by atoms with Crippen LogP contribution in [0.4, 0.5) is 5.69 Å². The van der Waals surface area contributed by atoms with Crippen LogP contribution >= 0.6 is 35.0 Å². The third-order valence-electron chi connectivity index (χ3n) is 4.19. The molecular weight excluding hydrogens is 451 g/mol. The summed E-state index contributed by atoms with van der Waals surface area (Å²) in [6.07, 6.45) is 1.47. The summed E-state index contributed by atoms with van der Waals surface area (Å²) in [6.45, 7) is 2.20. The Morgan fingerprint density at radius 1 is 1.10 bits per heavy atom. The molecule has 1 N–H and O–H groups in total. The van der Waals surface area contributed by atoms with Gasteiger partial charge in [0, 0.05) is 28.1 Å². The largest absolute Gasteiger partial charge is 0.353 e. The standard InChI is InChI=1S/C20H24Cl2N2O3S2/c1-3-19(24(29(2,26)27)15-8-5-4-6-9-15)20(25)23-12-13-28-14-16-17(21)10-7-11-18(16)22/h4-11,19H,3,12-14H2,1-2H3,(H,23,25)/t19-/m1/s1. The maximum Gasteiger partial charge on any atom is 0.243 e. The van der Waals surface area contributed by atoms with Crippen LogP contribution in [0.15, 0.2) is 48.5 Å². The van der Waals surface area contributed by atoms with Crippen molar-refractivity contribution in [3.63, 3.8) is 0 Å². The van der Waals surface area contributed by atoms with Crippen LogP contribution in [-0.2, 0) is 20.6 Å². The van der Waals surface area contributed by atoms with E-state index in [2.05, 4.69) is 5.32 Å². The quantitative estimate of drug-likeness (QED) is 0.511. The Bertz CT molecular complexity index is 904. The summed E-state index contributed by atoms with van der Waals surface area (Å²) in [6, 6.07) is 13.2. The van der Waals surface area contributed by atoms with Crippen LogP contribution in [0.25, 0.3) is 0 Å². The first-order valence-electron chi connectivity index (χ1n) is 9.08. The van der Waals surface area contributed by atoms with Crippen LogP contribution in [0, 0.1) is 0 Å². The molecular formula is C20H24Cl2N2O3S2. The Kier molecular flexibility index (Phi) is 9.14. The second kappa shape index (κ2) is 11.1. The summed E-state index contributed by atoms with van der Waals surface area (Å²) >= 11 is 13.9. The molecule has 9 heteroatoms. The number of anilines is 1. The Labute approximate surface area is 186 Å². The van der Waals surface area contributed by atoms with Crippen LogP contribution in [0.5, 0.6) is 0 Å². The summed E-state index contributed by atoms with van der Waals surface area (Å²) in [5, 5.41) is 4.07. The zero-order valence-electron chi connectivity index (χ0n) is 16.3. The highest BCUT2D eigenvalue weighted by Gasteiger charge is 2.31. The van der Waals surface area contributed by atoms with E-state index in [-0.39, 0.29) is 5.91 Å². The molecule has 0 fully saturated rings. The molecule has 0 aliphatic heterocycles. The molecule has 29 heavy (non-hydrogen) atoms. The minimum absolute atomic E-state index is 0.321. The molecule has 0 radical (unpaired) electrons. The van der Waals surface area contributed by atoms with E-state index in [9.17, 15) is 13.2 Å². The Morgan fingerprint density at radius 3 is 2.28 bits per heavy atom. The highest BCUT2D eigenvalue weighted by atomic mass is 35.5. The molecule has 0 heterocycles. The van der Waals surface area contributed by atoms with Crippen LogP contribution in [-0.4, -0.2) is 38.9 Å². The molecule has 2 aromatic carbocycles. The highest BCUT2D eigenvalue weighted by molar-refractivity contribution is 7.98. The normalized spacial score (nSPS) is 12.4. The van der Waals surface area contributed by atoms with Crippen molar-refractivity contribution >= 4 is 56.6 Å². The first-order chi connectivity index (χ1) is 13.8. The lowest BCUT2D eigenvalue weighted by Crippen LogP contribution is -2.49. The second-order valence-electron chi connectivity index (χ2n) is 6.36. The van der Waals surface area contributed by atoms with Crippen molar-refractivity contribution in [1.29, 1.82) is 0 Å². The number of hydrogen-bond acceptors (Lipinski definition) is 4. The predicted octanol–water partition coefficient (Wildman–Crippen LogP) is 4.59. The van der Waals surface area contributed by atoms with E-state index in [1.54, 1.807) is 67.2 Å².